The van der Waals surface area contributed by atoms with Gasteiger partial charge in [0.25, 0.3) is 5.91 Å². The van der Waals surface area contributed by atoms with Gasteiger partial charge in [0.05, 0.1) is 16.1 Å². The number of hydrogen-bond acceptors (Lipinski definition) is 2. The summed E-state index contributed by atoms with van der Waals surface area (Å²) in [6.45, 7) is 2.36. The van der Waals surface area contributed by atoms with Crippen LogP contribution in [0.15, 0.2) is 22.7 Å². The van der Waals surface area contributed by atoms with Crippen LogP contribution in [0.4, 0.5) is 13.2 Å². The van der Waals surface area contributed by atoms with E-state index >= 15 is 0 Å². The number of thiocarbonyl (C=S) groups is 1. The number of halogens is 4. The topological polar surface area (TPSA) is 46.3 Å². The standard InChI is InChI=1S/C13H14BrF3N2OS/c1-2-19(6-5-11(18)21)12(20)9-7-8(13(15,16)17)3-4-10(9)14/h3-4,7H,2,5-6H2,1H3,(H2,18,21). The number of amides is 1. The van der Waals surface area contributed by atoms with Crippen LogP contribution < -0.4 is 5.73 Å². The molecule has 1 aromatic rings. The van der Waals surface area contributed by atoms with Crippen LogP contribution in [0.5, 0.6) is 0 Å². The monoisotopic (exact) mass is 382 g/mol. The van der Waals surface area contributed by atoms with Gasteiger partial charge in [-0.3, -0.25) is 4.79 Å². The van der Waals surface area contributed by atoms with E-state index in [1.165, 1.54) is 11.0 Å². The third kappa shape index (κ3) is 4.96. The highest BCUT2D eigenvalue weighted by Crippen LogP contribution is 2.32. The zero-order valence-corrected chi connectivity index (χ0v) is 13.6. The maximum Gasteiger partial charge on any atom is 0.416 e. The van der Waals surface area contributed by atoms with Crippen LogP contribution >= 0.6 is 28.1 Å². The van der Waals surface area contributed by atoms with Crippen LogP contribution in [0, 0.1) is 0 Å². The van der Waals surface area contributed by atoms with E-state index in [1.807, 2.05) is 0 Å². The summed E-state index contributed by atoms with van der Waals surface area (Å²) in [5.74, 6) is -0.494. The minimum absolute atomic E-state index is 0.0328. The third-order valence-corrected chi connectivity index (χ3v) is 3.72. The number of nitrogens with zero attached hydrogens (tertiary/aromatic N) is 1. The highest BCUT2D eigenvalue weighted by Gasteiger charge is 2.32. The molecule has 1 amide bonds. The molecule has 0 fully saturated rings. The summed E-state index contributed by atoms with van der Waals surface area (Å²) in [6, 6.07) is 2.99. The minimum Gasteiger partial charge on any atom is -0.393 e. The normalized spacial score (nSPS) is 11.3. The first kappa shape index (κ1) is 17.9. The summed E-state index contributed by atoms with van der Waals surface area (Å²) in [6.07, 6.45) is -4.17. The average molecular weight is 383 g/mol. The first-order chi connectivity index (χ1) is 9.66. The highest BCUT2D eigenvalue weighted by atomic mass is 79.9. The van der Waals surface area contributed by atoms with Gasteiger partial charge in [-0.05, 0) is 41.1 Å². The number of benzene rings is 1. The van der Waals surface area contributed by atoms with Crippen molar-refractivity contribution in [1.82, 2.24) is 4.90 Å². The minimum atomic E-state index is -4.49. The summed E-state index contributed by atoms with van der Waals surface area (Å²) in [5.41, 5.74) is 4.49. The second-order valence-electron chi connectivity index (χ2n) is 4.29. The molecule has 0 unspecified atom stereocenters. The summed E-state index contributed by atoms with van der Waals surface area (Å²) >= 11 is 7.85. The summed E-state index contributed by atoms with van der Waals surface area (Å²) < 4.78 is 38.5. The molecule has 0 saturated carbocycles. The van der Waals surface area contributed by atoms with Gasteiger partial charge < -0.3 is 10.6 Å². The molecule has 0 aliphatic rings. The van der Waals surface area contributed by atoms with Crippen molar-refractivity contribution < 1.29 is 18.0 Å². The van der Waals surface area contributed by atoms with Gasteiger partial charge >= 0.3 is 6.18 Å². The molecule has 8 heteroatoms. The molecule has 0 aliphatic carbocycles. The van der Waals surface area contributed by atoms with Crippen molar-refractivity contribution in [2.24, 2.45) is 5.73 Å². The Morgan fingerprint density at radius 3 is 2.52 bits per heavy atom. The second kappa shape index (κ2) is 7.22. The number of rotatable bonds is 5. The van der Waals surface area contributed by atoms with Crippen molar-refractivity contribution >= 4 is 39.0 Å². The Balaban J connectivity index is 3.07. The summed E-state index contributed by atoms with van der Waals surface area (Å²) in [5, 5.41) is 0. The number of nitrogens with two attached hydrogens (primary N) is 1. The van der Waals surface area contributed by atoms with Gasteiger partial charge in [-0.15, -0.1) is 0 Å². The van der Waals surface area contributed by atoms with Crippen LogP contribution in [-0.2, 0) is 6.18 Å². The lowest BCUT2D eigenvalue weighted by Crippen LogP contribution is -2.34. The van der Waals surface area contributed by atoms with Gasteiger partial charge in [0, 0.05) is 24.0 Å². The van der Waals surface area contributed by atoms with Gasteiger partial charge in [-0.25, -0.2) is 0 Å². The predicted octanol–water partition coefficient (Wildman–Crippen LogP) is 3.61. The van der Waals surface area contributed by atoms with E-state index < -0.39 is 17.6 Å². The fraction of sp³-hybridized carbons (Fsp3) is 0.385. The van der Waals surface area contributed by atoms with E-state index in [0.717, 1.165) is 12.1 Å². The van der Waals surface area contributed by atoms with Crippen molar-refractivity contribution in [3.05, 3.63) is 33.8 Å². The van der Waals surface area contributed by atoms with Crippen molar-refractivity contribution in [1.29, 1.82) is 0 Å². The lowest BCUT2D eigenvalue weighted by Gasteiger charge is -2.22. The fourth-order valence-electron chi connectivity index (χ4n) is 1.68. The summed E-state index contributed by atoms with van der Waals surface area (Å²) in [4.78, 5) is 14.0. The highest BCUT2D eigenvalue weighted by molar-refractivity contribution is 9.10. The Hall–Kier alpha value is -1.15. The van der Waals surface area contributed by atoms with Crippen molar-refractivity contribution in [2.45, 2.75) is 19.5 Å². The fourth-order valence-corrected chi connectivity index (χ4v) is 2.19. The van der Waals surface area contributed by atoms with E-state index in [-0.39, 0.29) is 17.1 Å². The van der Waals surface area contributed by atoms with Crippen molar-refractivity contribution in [3.63, 3.8) is 0 Å². The molecule has 3 nitrogen and oxygen atoms in total. The van der Waals surface area contributed by atoms with Crippen LogP contribution in [0.1, 0.15) is 29.3 Å². The molecule has 21 heavy (non-hydrogen) atoms. The van der Waals surface area contributed by atoms with Crippen LogP contribution in [0.3, 0.4) is 0 Å². The Bertz CT molecular complexity index is 549. The molecule has 0 aliphatic heterocycles. The smallest absolute Gasteiger partial charge is 0.393 e. The lowest BCUT2D eigenvalue weighted by molar-refractivity contribution is -0.137. The van der Waals surface area contributed by atoms with Gasteiger partial charge in [0.2, 0.25) is 0 Å². The maximum absolute atomic E-state index is 12.7. The van der Waals surface area contributed by atoms with Gasteiger partial charge in [0.1, 0.15) is 0 Å². The molecule has 0 aromatic heterocycles. The molecule has 1 rings (SSSR count). The first-order valence-electron chi connectivity index (χ1n) is 6.11. The van der Waals surface area contributed by atoms with E-state index in [1.54, 1.807) is 6.92 Å². The molecular formula is C13H14BrF3N2OS. The van der Waals surface area contributed by atoms with Gasteiger partial charge in [-0.2, -0.15) is 13.2 Å². The molecule has 0 heterocycles. The molecular weight excluding hydrogens is 369 g/mol. The average Bonchev–Trinajstić information content (AvgIpc) is 2.37. The molecule has 0 radical (unpaired) electrons. The van der Waals surface area contributed by atoms with E-state index in [2.05, 4.69) is 15.9 Å². The predicted molar refractivity (Wildman–Crippen MR) is 82.1 cm³/mol. The zero-order chi connectivity index (χ0) is 16.2. The second-order valence-corrected chi connectivity index (χ2v) is 5.67. The molecule has 0 atom stereocenters. The van der Waals surface area contributed by atoms with E-state index in [0.29, 0.717) is 17.4 Å². The Labute approximate surface area is 134 Å². The molecule has 1 aromatic carbocycles. The van der Waals surface area contributed by atoms with Crippen LogP contribution in [-0.4, -0.2) is 28.9 Å². The molecule has 2 N–H and O–H groups in total. The Kier molecular flexibility index (Phi) is 6.15. The van der Waals surface area contributed by atoms with Crippen molar-refractivity contribution in [2.75, 3.05) is 13.1 Å². The van der Waals surface area contributed by atoms with Gasteiger partial charge in [-0.1, -0.05) is 12.2 Å². The number of carbonyl (C=O) groups excluding carboxylic acids is 1. The Morgan fingerprint density at radius 1 is 1.43 bits per heavy atom. The van der Waals surface area contributed by atoms with Crippen molar-refractivity contribution in [3.8, 4) is 0 Å². The number of alkyl halides is 3. The van der Waals surface area contributed by atoms with E-state index in [4.69, 9.17) is 18.0 Å². The summed E-state index contributed by atoms with van der Waals surface area (Å²) in [7, 11) is 0. The first-order valence-corrected chi connectivity index (χ1v) is 7.31. The molecule has 0 bridgehead atoms. The quantitative estimate of drug-likeness (QED) is 0.791. The molecule has 116 valence electrons. The number of carbonyl (C=O) groups is 1. The Morgan fingerprint density at radius 2 is 2.05 bits per heavy atom. The zero-order valence-electron chi connectivity index (χ0n) is 11.2. The molecule has 0 spiro atoms. The number of hydrogen-bond donors (Lipinski definition) is 1. The van der Waals surface area contributed by atoms with Crippen LogP contribution in [0.2, 0.25) is 0 Å². The van der Waals surface area contributed by atoms with Gasteiger partial charge in [0.15, 0.2) is 0 Å². The largest absolute Gasteiger partial charge is 0.416 e. The maximum atomic E-state index is 12.7. The molecule has 0 saturated heterocycles. The van der Waals surface area contributed by atoms with E-state index in [9.17, 15) is 18.0 Å². The SMILES string of the molecule is CCN(CCC(N)=S)C(=O)c1cc(C(F)(F)F)ccc1Br. The lowest BCUT2D eigenvalue weighted by atomic mass is 10.1. The van der Waals surface area contributed by atoms with Crippen LogP contribution in [0.25, 0.3) is 0 Å². The third-order valence-electron chi connectivity index (χ3n) is 2.82.